The molecule has 2 N–H and O–H groups in total. The summed E-state index contributed by atoms with van der Waals surface area (Å²) in [4.78, 5) is 24.1. The summed E-state index contributed by atoms with van der Waals surface area (Å²) >= 11 is 1.30. The molecule has 1 aromatic heterocycles. The molecule has 3 rings (SSSR count). The van der Waals surface area contributed by atoms with Gasteiger partial charge >= 0.3 is 6.03 Å². The first kappa shape index (κ1) is 17.5. The number of aromatic nitrogens is 3. The molecule has 1 saturated carbocycles. The quantitative estimate of drug-likeness (QED) is 0.772. The third-order valence-electron chi connectivity index (χ3n) is 4.00. The molecular weight excluding hydrogens is 338 g/mol. The van der Waals surface area contributed by atoms with Crippen molar-refractivity contribution in [2.75, 3.05) is 0 Å². The molecular formula is C17H21N5O2S. The normalized spacial score (nSPS) is 14.8. The van der Waals surface area contributed by atoms with Crippen LogP contribution in [-0.4, -0.2) is 32.0 Å². The van der Waals surface area contributed by atoms with Crippen LogP contribution in [0.1, 0.15) is 37.1 Å². The van der Waals surface area contributed by atoms with E-state index in [1.54, 1.807) is 6.92 Å². The smallest absolute Gasteiger partial charge is 0.321 e. The van der Waals surface area contributed by atoms with Crippen LogP contribution in [0.25, 0.3) is 0 Å². The second-order valence-corrected chi connectivity index (χ2v) is 7.40. The lowest BCUT2D eigenvalue weighted by molar-refractivity contribution is -0.119. The zero-order valence-corrected chi connectivity index (χ0v) is 15.0. The summed E-state index contributed by atoms with van der Waals surface area (Å²) in [6.07, 6.45) is 2.29. The zero-order chi connectivity index (χ0) is 17.8. The minimum Gasteiger partial charge on any atom is -0.334 e. The number of urea groups is 1. The largest absolute Gasteiger partial charge is 0.334 e. The lowest BCUT2D eigenvalue weighted by atomic mass is 10.2. The monoisotopic (exact) mass is 359 g/mol. The molecule has 8 heteroatoms. The molecule has 0 aliphatic heterocycles. The lowest BCUT2D eigenvalue weighted by Crippen LogP contribution is -2.42. The van der Waals surface area contributed by atoms with Crippen LogP contribution in [0.2, 0.25) is 0 Å². The Hall–Kier alpha value is -2.35. The first-order valence-corrected chi connectivity index (χ1v) is 9.11. The Labute approximate surface area is 150 Å². The Bertz CT molecular complexity index is 758. The molecule has 1 atom stereocenters. The Morgan fingerprint density at radius 2 is 2.00 bits per heavy atom. The highest BCUT2D eigenvalue weighted by atomic mass is 32.2. The maximum absolute atomic E-state index is 12.2. The first-order valence-electron chi connectivity index (χ1n) is 8.23. The summed E-state index contributed by atoms with van der Waals surface area (Å²) in [5, 5.41) is 13.6. The highest BCUT2D eigenvalue weighted by Gasteiger charge is 2.30. The topological polar surface area (TPSA) is 88.9 Å². The van der Waals surface area contributed by atoms with Crippen molar-refractivity contribution in [1.29, 1.82) is 0 Å². The Kier molecular flexibility index (Phi) is 5.37. The number of nitrogens with one attached hydrogen (secondary N) is 2. The van der Waals surface area contributed by atoms with Gasteiger partial charge in [-0.25, -0.2) is 4.79 Å². The predicted molar refractivity (Wildman–Crippen MR) is 95.1 cm³/mol. The molecule has 25 heavy (non-hydrogen) atoms. The fourth-order valence-corrected chi connectivity index (χ4v) is 3.20. The number of hydrogen-bond donors (Lipinski definition) is 2. The zero-order valence-electron chi connectivity index (χ0n) is 14.2. The van der Waals surface area contributed by atoms with E-state index in [4.69, 9.17) is 0 Å². The van der Waals surface area contributed by atoms with Crippen molar-refractivity contribution >= 4 is 23.7 Å². The number of nitrogens with zero attached hydrogens (tertiary/aromatic N) is 3. The molecule has 0 saturated heterocycles. The average molecular weight is 359 g/mol. The van der Waals surface area contributed by atoms with Gasteiger partial charge in [0.2, 0.25) is 5.91 Å². The van der Waals surface area contributed by atoms with Crippen LogP contribution in [0.4, 0.5) is 4.79 Å². The van der Waals surface area contributed by atoms with Crippen LogP contribution in [0.3, 0.4) is 0 Å². The molecule has 1 aliphatic rings. The third kappa shape index (κ3) is 4.60. The third-order valence-corrected chi connectivity index (χ3v) is 5.13. The molecule has 1 heterocycles. The molecule has 1 aliphatic carbocycles. The molecule has 132 valence electrons. The minimum atomic E-state index is -0.502. The van der Waals surface area contributed by atoms with E-state index in [2.05, 4.69) is 20.8 Å². The van der Waals surface area contributed by atoms with Gasteiger partial charge in [-0.3, -0.25) is 10.1 Å². The second kappa shape index (κ2) is 7.69. The standard InChI is InChI=1S/C17H21N5O2S/c1-11(25-17-21-20-14(22(17)2)13-8-9-13)15(23)19-16(24)18-10-12-6-4-3-5-7-12/h3-7,11,13H,8-10H2,1-2H3,(H2,18,19,23,24)/t11-/m1/s1. The first-order chi connectivity index (χ1) is 12.0. The molecule has 3 amide bonds. The van der Waals surface area contributed by atoms with Crippen LogP contribution in [0, 0.1) is 0 Å². The summed E-state index contributed by atoms with van der Waals surface area (Å²) in [6, 6.07) is 9.02. The number of carbonyl (C=O) groups is 2. The number of amides is 3. The van der Waals surface area contributed by atoms with Gasteiger partial charge in [-0.15, -0.1) is 10.2 Å². The van der Waals surface area contributed by atoms with E-state index in [1.807, 2.05) is 41.9 Å². The van der Waals surface area contributed by atoms with Gasteiger partial charge in [0.05, 0.1) is 5.25 Å². The van der Waals surface area contributed by atoms with Gasteiger partial charge in [-0.1, -0.05) is 42.1 Å². The molecule has 1 fully saturated rings. The molecule has 0 bridgehead atoms. The van der Waals surface area contributed by atoms with Gasteiger partial charge in [-0.2, -0.15) is 0 Å². The van der Waals surface area contributed by atoms with Crippen molar-refractivity contribution in [2.45, 2.75) is 42.6 Å². The van der Waals surface area contributed by atoms with Crippen LogP contribution in [-0.2, 0) is 18.4 Å². The van der Waals surface area contributed by atoms with E-state index in [0.29, 0.717) is 17.6 Å². The molecule has 0 spiro atoms. The van der Waals surface area contributed by atoms with E-state index < -0.39 is 11.3 Å². The number of imide groups is 1. The number of hydrogen-bond acceptors (Lipinski definition) is 5. The molecule has 7 nitrogen and oxygen atoms in total. The van der Waals surface area contributed by atoms with Crippen LogP contribution < -0.4 is 10.6 Å². The minimum absolute atomic E-state index is 0.355. The van der Waals surface area contributed by atoms with Crippen molar-refractivity contribution in [3.63, 3.8) is 0 Å². The number of rotatable bonds is 6. The Balaban J connectivity index is 1.48. The van der Waals surface area contributed by atoms with Crippen LogP contribution in [0.15, 0.2) is 35.5 Å². The fraction of sp³-hybridized carbons (Fsp3) is 0.412. The van der Waals surface area contributed by atoms with E-state index >= 15 is 0 Å². The summed E-state index contributed by atoms with van der Waals surface area (Å²) in [6.45, 7) is 2.12. The van der Waals surface area contributed by atoms with Crippen LogP contribution in [0.5, 0.6) is 0 Å². The number of carbonyl (C=O) groups excluding carboxylic acids is 2. The van der Waals surface area contributed by atoms with Crippen molar-refractivity contribution in [2.24, 2.45) is 7.05 Å². The predicted octanol–water partition coefficient (Wildman–Crippen LogP) is 2.20. The average Bonchev–Trinajstić information content (AvgIpc) is 3.39. The molecule has 0 unspecified atom stereocenters. The molecule has 0 radical (unpaired) electrons. The second-order valence-electron chi connectivity index (χ2n) is 6.09. The van der Waals surface area contributed by atoms with Crippen molar-refractivity contribution in [3.05, 3.63) is 41.7 Å². The van der Waals surface area contributed by atoms with E-state index in [0.717, 1.165) is 24.2 Å². The van der Waals surface area contributed by atoms with E-state index in [9.17, 15) is 9.59 Å². The Morgan fingerprint density at radius 3 is 2.68 bits per heavy atom. The molecule has 2 aromatic rings. The van der Waals surface area contributed by atoms with Gasteiger partial charge in [0, 0.05) is 19.5 Å². The van der Waals surface area contributed by atoms with Crippen molar-refractivity contribution in [3.8, 4) is 0 Å². The fourth-order valence-electron chi connectivity index (χ4n) is 2.37. The summed E-state index contributed by atoms with van der Waals surface area (Å²) in [7, 11) is 1.91. The summed E-state index contributed by atoms with van der Waals surface area (Å²) < 4.78 is 1.93. The van der Waals surface area contributed by atoms with Gasteiger partial charge in [0.25, 0.3) is 0 Å². The van der Waals surface area contributed by atoms with Crippen molar-refractivity contribution in [1.82, 2.24) is 25.4 Å². The highest BCUT2D eigenvalue weighted by molar-refractivity contribution is 8.00. The van der Waals surface area contributed by atoms with Gasteiger partial charge in [0.1, 0.15) is 5.82 Å². The maximum Gasteiger partial charge on any atom is 0.321 e. The highest BCUT2D eigenvalue weighted by Crippen LogP contribution is 2.39. The maximum atomic E-state index is 12.2. The SMILES string of the molecule is C[C@@H](Sc1nnc(C2CC2)n1C)C(=O)NC(=O)NCc1ccccc1. The van der Waals surface area contributed by atoms with E-state index in [1.165, 1.54) is 11.8 Å². The molecule has 1 aromatic carbocycles. The number of benzene rings is 1. The summed E-state index contributed by atoms with van der Waals surface area (Å²) in [5.41, 5.74) is 0.971. The lowest BCUT2D eigenvalue weighted by Gasteiger charge is -2.11. The van der Waals surface area contributed by atoms with Gasteiger partial charge in [0.15, 0.2) is 5.16 Å². The van der Waals surface area contributed by atoms with Crippen LogP contribution >= 0.6 is 11.8 Å². The van der Waals surface area contributed by atoms with Gasteiger partial charge in [-0.05, 0) is 25.3 Å². The van der Waals surface area contributed by atoms with Crippen molar-refractivity contribution < 1.29 is 9.59 Å². The number of thioether (sulfide) groups is 1. The van der Waals surface area contributed by atoms with Gasteiger partial charge < -0.3 is 9.88 Å². The summed E-state index contributed by atoms with van der Waals surface area (Å²) in [5.74, 6) is 1.11. The van der Waals surface area contributed by atoms with E-state index in [-0.39, 0.29) is 5.91 Å². The Morgan fingerprint density at radius 1 is 1.28 bits per heavy atom.